The molecule has 0 amide bonds. The van der Waals surface area contributed by atoms with Crippen LogP contribution in [0.15, 0.2) is 181 Å². The van der Waals surface area contributed by atoms with Crippen LogP contribution in [0.3, 0.4) is 0 Å². The summed E-state index contributed by atoms with van der Waals surface area (Å²) in [6.07, 6.45) is 17.5. The van der Waals surface area contributed by atoms with E-state index in [1.165, 1.54) is 32.8 Å². The van der Waals surface area contributed by atoms with Gasteiger partial charge in [0.05, 0.1) is 0 Å². The van der Waals surface area contributed by atoms with Crippen molar-refractivity contribution in [3.63, 3.8) is 0 Å². The molecule has 0 spiro atoms. The molecule has 0 saturated heterocycles. The van der Waals surface area contributed by atoms with E-state index in [9.17, 15) is 19.8 Å². The van der Waals surface area contributed by atoms with Gasteiger partial charge in [-0.05, 0) is 11.5 Å². The van der Waals surface area contributed by atoms with Crippen LogP contribution in [0.25, 0.3) is 0 Å². The van der Waals surface area contributed by atoms with Crippen molar-refractivity contribution in [3.8, 4) is 0 Å². The van der Waals surface area contributed by atoms with Crippen molar-refractivity contribution in [3.05, 3.63) is 193 Å². The Labute approximate surface area is 307 Å². The van der Waals surface area contributed by atoms with E-state index >= 15 is 0 Å². The van der Waals surface area contributed by atoms with Crippen LogP contribution in [0.1, 0.15) is 12.8 Å². The molecule has 0 saturated carbocycles. The van der Waals surface area contributed by atoms with Crippen molar-refractivity contribution in [2.24, 2.45) is 0 Å². The number of rotatable bonds is 8. The molecule has 0 fully saturated rings. The molecule has 2 aliphatic carbocycles. The molecule has 2 aliphatic rings. The summed E-state index contributed by atoms with van der Waals surface area (Å²) < 4.78 is 0. The summed E-state index contributed by atoms with van der Waals surface area (Å²) in [5, 5.41) is 34.0. The van der Waals surface area contributed by atoms with E-state index < -0.39 is 23.5 Å². The maximum atomic E-state index is 9.43. The summed E-state index contributed by atoms with van der Waals surface area (Å²) in [6, 6.07) is 42.6. The van der Waals surface area contributed by atoms with Crippen LogP contribution in [0.2, 0.25) is 0 Å². The van der Waals surface area contributed by atoms with E-state index in [1.54, 1.807) is 0 Å². The minimum Gasteiger partial charge on any atom is -0.868 e. The van der Waals surface area contributed by atoms with Crippen LogP contribution in [0.4, 0.5) is 0 Å². The molecule has 0 aliphatic heterocycles. The molecule has 0 aromatic heterocycles. The largest absolute Gasteiger partial charge is 4.00 e. The predicted molar refractivity (Wildman–Crippen MR) is 190 cm³/mol. The summed E-state index contributed by atoms with van der Waals surface area (Å²) in [4.78, 5) is 18.6. The summed E-state index contributed by atoms with van der Waals surface area (Å²) in [5.41, 5.74) is 7.89. The summed E-state index contributed by atoms with van der Waals surface area (Å²) >= 11 is 0. The number of hydrogen-bond donors (Lipinski definition) is 2. The number of carboxylic acids is 2. The number of carbonyl (C=O) groups is 2. The standard InChI is InChI=1S/2C17H14B.2C3H4O3.Hf/c2*1-3-9-15(10-4-1)18(17-13-7-8-14-17)16-11-5-2-6-12-16;2*1-2(4)3(5)6;/h2*1-7,9-13H,8H2;2*4H,1H2,(H,5,6);/q2*-1;;;+4/p-2. The van der Waals surface area contributed by atoms with Crippen LogP contribution in [-0.2, 0) is 35.4 Å². The van der Waals surface area contributed by atoms with Crippen LogP contribution >= 0.6 is 0 Å². The first-order valence-electron chi connectivity index (χ1n) is 15.1. The quantitative estimate of drug-likeness (QED) is 0.122. The van der Waals surface area contributed by atoms with Gasteiger partial charge in [0.2, 0.25) is 13.4 Å². The van der Waals surface area contributed by atoms with Crippen LogP contribution in [0, 0.1) is 12.2 Å². The van der Waals surface area contributed by atoms with E-state index in [0.29, 0.717) is 13.4 Å². The van der Waals surface area contributed by atoms with Gasteiger partial charge in [-0.1, -0.05) is 156 Å². The minimum absolute atomic E-state index is 0. The molecule has 0 heterocycles. The SMILES string of the molecule is C=C([O-])C(=O)O.C=C([O-])C(=O)O.[C-]1=C(B(c2ccccc2)c2ccccc2)C=CC1.[C-]1=C(B(c2ccccc2)c2ccccc2)C=CC1.[Hf+4]. The normalized spacial score (nSPS) is 11.7. The average Bonchev–Trinajstić information content (AvgIpc) is 3.84. The maximum absolute atomic E-state index is 9.43. The van der Waals surface area contributed by atoms with Crippen LogP contribution in [0.5, 0.6) is 0 Å². The molecular weight excluding hydrogens is 777 g/mol. The minimum atomic E-state index is -1.49. The average molecular weight is 811 g/mol. The molecule has 2 N–H and O–H groups in total. The predicted octanol–water partition coefficient (Wildman–Crippen LogP) is 2.94. The maximum Gasteiger partial charge on any atom is 4.00 e. The van der Waals surface area contributed by atoms with E-state index in [4.69, 9.17) is 10.2 Å². The zero-order valence-corrected chi connectivity index (χ0v) is 30.5. The molecule has 6 rings (SSSR count). The van der Waals surface area contributed by atoms with Gasteiger partial charge >= 0.3 is 37.8 Å². The number of carboxylic acid groups (broad SMARTS) is 2. The Morgan fingerprint density at radius 2 is 0.755 bits per heavy atom. The zero-order valence-electron chi connectivity index (χ0n) is 26.9. The Morgan fingerprint density at radius 1 is 0.531 bits per heavy atom. The fraction of sp³-hybridized carbons (Fsp3) is 0.0500. The summed E-state index contributed by atoms with van der Waals surface area (Å²) in [7, 11) is 0. The third-order valence-corrected chi connectivity index (χ3v) is 7.07. The van der Waals surface area contributed by atoms with E-state index in [1.807, 2.05) is 0 Å². The van der Waals surface area contributed by atoms with Gasteiger partial charge in [0.1, 0.15) is 0 Å². The first-order chi connectivity index (χ1) is 23.2. The Balaban J connectivity index is 0.000000254. The van der Waals surface area contributed by atoms with Gasteiger partial charge < -0.3 is 20.4 Å². The summed E-state index contributed by atoms with van der Waals surface area (Å²) in [6.45, 7) is 5.82. The van der Waals surface area contributed by atoms with Gasteiger partial charge in [-0.2, -0.15) is 12.2 Å². The zero-order chi connectivity index (χ0) is 34.7. The third-order valence-electron chi connectivity index (χ3n) is 7.07. The van der Waals surface area contributed by atoms with Gasteiger partial charge in [-0.25, -0.2) is 32.7 Å². The van der Waals surface area contributed by atoms with E-state index in [2.05, 4.69) is 171 Å². The molecule has 4 aromatic carbocycles. The topological polar surface area (TPSA) is 121 Å². The Kier molecular flexibility index (Phi) is 17.7. The van der Waals surface area contributed by atoms with Gasteiger partial charge in [0.15, 0.2) is 0 Å². The van der Waals surface area contributed by atoms with Gasteiger partial charge in [-0.3, -0.25) is 12.2 Å². The van der Waals surface area contributed by atoms with Crippen molar-refractivity contribution in [1.29, 1.82) is 0 Å². The number of hydrogen-bond acceptors (Lipinski definition) is 4. The second-order valence-corrected chi connectivity index (χ2v) is 10.4. The van der Waals surface area contributed by atoms with Crippen LogP contribution in [-0.4, -0.2) is 35.6 Å². The molecule has 0 unspecified atom stereocenters. The number of allylic oxidation sites excluding steroid dienone is 8. The fourth-order valence-corrected chi connectivity index (χ4v) is 4.92. The molecule has 9 heteroatoms. The monoisotopic (exact) mass is 812 g/mol. The molecule has 4 aromatic rings. The number of aliphatic carboxylic acids is 2. The Morgan fingerprint density at radius 3 is 0.918 bits per heavy atom. The Hall–Kier alpha value is -5.14. The smallest absolute Gasteiger partial charge is 0.868 e. The van der Waals surface area contributed by atoms with Crippen molar-refractivity contribution in [1.82, 2.24) is 0 Å². The van der Waals surface area contributed by atoms with Crippen molar-refractivity contribution in [2.45, 2.75) is 12.8 Å². The molecule has 0 atom stereocenters. The van der Waals surface area contributed by atoms with E-state index in [-0.39, 0.29) is 25.8 Å². The molecule has 0 radical (unpaired) electrons. The van der Waals surface area contributed by atoms with E-state index in [0.717, 1.165) is 12.8 Å². The van der Waals surface area contributed by atoms with Crippen LogP contribution < -0.4 is 32.1 Å². The fourth-order valence-electron chi connectivity index (χ4n) is 4.92. The first-order valence-corrected chi connectivity index (χ1v) is 15.1. The molecule has 6 nitrogen and oxygen atoms in total. The second-order valence-electron chi connectivity index (χ2n) is 10.4. The Bertz CT molecular complexity index is 1530. The number of benzene rings is 4. The van der Waals surface area contributed by atoms with Crippen molar-refractivity contribution < 1.29 is 55.9 Å². The van der Waals surface area contributed by atoms with Crippen molar-refractivity contribution in [2.75, 3.05) is 0 Å². The molecule has 240 valence electrons. The third kappa shape index (κ3) is 13.5. The van der Waals surface area contributed by atoms with Crippen molar-refractivity contribution >= 4 is 47.2 Å². The van der Waals surface area contributed by atoms with Gasteiger partial charge in [0.25, 0.3) is 0 Å². The first kappa shape index (κ1) is 40.0. The van der Waals surface area contributed by atoms with Gasteiger partial charge in [0, 0.05) is 0 Å². The second kappa shape index (κ2) is 21.7. The molecule has 49 heavy (non-hydrogen) atoms. The van der Waals surface area contributed by atoms with Gasteiger partial charge in [-0.15, -0.1) is 12.8 Å². The summed E-state index contributed by atoms with van der Waals surface area (Å²) in [5.74, 6) is -5.13. The molecular formula is C40H34B2HfO6. The molecule has 0 bridgehead atoms.